The van der Waals surface area contributed by atoms with Crippen molar-refractivity contribution in [2.75, 3.05) is 26.2 Å². The van der Waals surface area contributed by atoms with E-state index in [2.05, 4.69) is 22.2 Å². The van der Waals surface area contributed by atoms with Crippen LogP contribution in [-0.2, 0) is 0 Å². The molecular formula is C14H21ClIN3O. The van der Waals surface area contributed by atoms with E-state index < -0.39 is 0 Å². The zero-order chi connectivity index (χ0) is 13.9. The normalized spacial score (nSPS) is 10.4. The number of nitrogens with one attached hydrogen (secondary N) is 2. The third-order valence-corrected chi connectivity index (χ3v) is 2.45. The van der Waals surface area contributed by atoms with Gasteiger partial charge in [0.25, 0.3) is 0 Å². The highest BCUT2D eigenvalue weighted by Gasteiger charge is 1.96. The molecule has 0 unspecified atom stereocenters. The highest BCUT2D eigenvalue weighted by molar-refractivity contribution is 14.0. The van der Waals surface area contributed by atoms with Crippen LogP contribution in [0.15, 0.2) is 41.9 Å². The van der Waals surface area contributed by atoms with Gasteiger partial charge < -0.3 is 15.4 Å². The average Bonchev–Trinajstić information content (AvgIpc) is 2.42. The summed E-state index contributed by atoms with van der Waals surface area (Å²) in [6.07, 6.45) is 1.79. The number of nitrogens with zero attached hydrogens (tertiary/aromatic N) is 1. The van der Waals surface area contributed by atoms with Crippen LogP contribution in [0.4, 0.5) is 0 Å². The summed E-state index contributed by atoms with van der Waals surface area (Å²) < 4.78 is 5.55. The molecule has 0 aromatic heterocycles. The van der Waals surface area contributed by atoms with Gasteiger partial charge >= 0.3 is 0 Å². The molecule has 0 aliphatic heterocycles. The molecule has 0 fully saturated rings. The van der Waals surface area contributed by atoms with Gasteiger partial charge in [-0.1, -0.05) is 17.7 Å². The van der Waals surface area contributed by atoms with Crippen LogP contribution in [0.5, 0.6) is 5.75 Å². The van der Waals surface area contributed by atoms with Gasteiger partial charge in [0.15, 0.2) is 5.96 Å². The van der Waals surface area contributed by atoms with E-state index in [1.165, 1.54) is 0 Å². The predicted molar refractivity (Wildman–Crippen MR) is 96.5 cm³/mol. The highest BCUT2D eigenvalue weighted by Crippen LogP contribution is 2.15. The van der Waals surface area contributed by atoms with E-state index in [0.29, 0.717) is 24.7 Å². The van der Waals surface area contributed by atoms with E-state index in [0.717, 1.165) is 18.3 Å². The van der Waals surface area contributed by atoms with Crippen LogP contribution >= 0.6 is 35.6 Å². The van der Waals surface area contributed by atoms with E-state index in [1.54, 1.807) is 18.2 Å². The largest absolute Gasteiger partial charge is 0.492 e. The van der Waals surface area contributed by atoms with Crippen molar-refractivity contribution in [3.8, 4) is 5.75 Å². The van der Waals surface area contributed by atoms with Crippen LogP contribution < -0.4 is 15.4 Å². The summed E-state index contributed by atoms with van der Waals surface area (Å²) in [7, 11) is 0. The van der Waals surface area contributed by atoms with Crippen molar-refractivity contribution in [2.45, 2.75) is 6.92 Å². The number of aliphatic imine (C=N–C) groups is 1. The van der Waals surface area contributed by atoms with Crippen molar-refractivity contribution in [2.24, 2.45) is 4.99 Å². The number of guanidine groups is 1. The predicted octanol–water partition coefficient (Wildman–Crippen LogP) is 3.08. The Morgan fingerprint density at radius 2 is 2.05 bits per heavy atom. The van der Waals surface area contributed by atoms with Gasteiger partial charge in [0.1, 0.15) is 12.4 Å². The zero-order valence-corrected chi connectivity index (χ0v) is 14.7. The Hall–Kier alpha value is -0.950. The van der Waals surface area contributed by atoms with Crippen LogP contribution in [0.1, 0.15) is 6.92 Å². The number of rotatable bonds is 7. The molecule has 2 N–H and O–H groups in total. The Bertz CT molecular complexity index is 409. The van der Waals surface area contributed by atoms with Gasteiger partial charge in [-0.15, -0.1) is 30.6 Å². The number of benzene rings is 1. The van der Waals surface area contributed by atoms with E-state index in [-0.39, 0.29) is 24.0 Å². The molecule has 0 spiro atoms. The molecule has 0 aliphatic rings. The highest BCUT2D eigenvalue weighted by atomic mass is 127. The summed E-state index contributed by atoms with van der Waals surface area (Å²) in [5.41, 5.74) is 0. The average molecular weight is 410 g/mol. The molecule has 1 aromatic carbocycles. The summed E-state index contributed by atoms with van der Waals surface area (Å²) in [5.74, 6) is 1.56. The summed E-state index contributed by atoms with van der Waals surface area (Å²) >= 11 is 5.80. The fourth-order valence-corrected chi connectivity index (χ4v) is 1.49. The second-order valence-electron chi connectivity index (χ2n) is 3.73. The van der Waals surface area contributed by atoms with Gasteiger partial charge in [0, 0.05) is 18.1 Å². The minimum Gasteiger partial charge on any atom is -0.492 e. The SMILES string of the molecule is C=CCNC(=NCCOc1ccc(Cl)cc1)NCC.I. The van der Waals surface area contributed by atoms with E-state index in [4.69, 9.17) is 16.3 Å². The maximum Gasteiger partial charge on any atom is 0.191 e. The van der Waals surface area contributed by atoms with Crippen LogP contribution in [0, 0.1) is 0 Å². The molecule has 112 valence electrons. The molecule has 0 radical (unpaired) electrons. The van der Waals surface area contributed by atoms with E-state index in [1.807, 2.05) is 19.1 Å². The Morgan fingerprint density at radius 3 is 2.65 bits per heavy atom. The fourth-order valence-electron chi connectivity index (χ4n) is 1.36. The summed E-state index contributed by atoms with van der Waals surface area (Å²) in [6, 6.07) is 7.28. The molecule has 1 rings (SSSR count). The third kappa shape index (κ3) is 8.27. The number of ether oxygens (including phenoxy) is 1. The summed E-state index contributed by atoms with van der Waals surface area (Å²) in [4.78, 5) is 4.38. The van der Waals surface area contributed by atoms with Crippen molar-refractivity contribution in [3.05, 3.63) is 41.9 Å². The molecule has 0 bridgehead atoms. The van der Waals surface area contributed by atoms with E-state index >= 15 is 0 Å². The number of hydrogen-bond acceptors (Lipinski definition) is 2. The lowest BCUT2D eigenvalue weighted by atomic mass is 10.3. The fraction of sp³-hybridized carbons (Fsp3) is 0.357. The number of halogens is 2. The molecule has 0 atom stereocenters. The third-order valence-electron chi connectivity index (χ3n) is 2.20. The van der Waals surface area contributed by atoms with Gasteiger partial charge in [-0.3, -0.25) is 0 Å². The lowest BCUT2D eigenvalue weighted by molar-refractivity contribution is 0.328. The molecule has 0 aliphatic carbocycles. The minimum atomic E-state index is 0. The number of hydrogen-bond donors (Lipinski definition) is 2. The first kappa shape index (κ1) is 19.1. The lowest BCUT2D eigenvalue weighted by Gasteiger charge is -2.09. The molecule has 1 aromatic rings. The topological polar surface area (TPSA) is 45.7 Å². The second-order valence-corrected chi connectivity index (χ2v) is 4.17. The van der Waals surface area contributed by atoms with Gasteiger partial charge in [-0.25, -0.2) is 4.99 Å². The van der Waals surface area contributed by atoms with Crippen molar-refractivity contribution in [1.29, 1.82) is 0 Å². The molecule has 20 heavy (non-hydrogen) atoms. The first-order valence-electron chi connectivity index (χ1n) is 6.27. The summed E-state index contributed by atoms with van der Waals surface area (Å²) in [6.45, 7) is 8.28. The van der Waals surface area contributed by atoms with Crippen molar-refractivity contribution < 1.29 is 4.74 Å². The van der Waals surface area contributed by atoms with Crippen molar-refractivity contribution in [1.82, 2.24) is 10.6 Å². The molecule has 0 saturated heterocycles. The Morgan fingerprint density at radius 1 is 1.35 bits per heavy atom. The van der Waals surface area contributed by atoms with Crippen molar-refractivity contribution in [3.63, 3.8) is 0 Å². The van der Waals surface area contributed by atoms with E-state index in [9.17, 15) is 0 Å². The van der Waals surface area contributed by atoms with Crippen LogP contribution in [0.3, 0.4) is 0 Å². The van der Waals surface area contributed by atoms with Crippen LogP contribution in [0.2, 0.25) is 5.02 Å². The molecule has 4 nitrogen and oxygen atoms in total. The lowest BCUT2D eigenvalue weighted by Crippen LogP contribution is -2.37. The molecule has 6 heteroatoms. The zero-order valence-electron chi connectivity index (χ0n) is 11.6. The minimum absolute atomic E-state index is 0. The van der Waals surface area contributed by atoms with Gasteiger partial charge in [-0.2, -0.15) is 0 Å². The standard InChI is InChI=1S/C14H20ClN3O.HI/c1-3-9-17-14(16-4-2)18-10-11-19-13-7-5-12(15)6-8-13;/h3,5-8H,1,4,9-11H2,2H3,(H2,16,17,18);1H. The first-order valence-corrected chi connectivity index (χ1v) is 6.65. The van der Waals surface area contributed by atoms with Gasteiger partial charge in [0.05, 0.1) is 6.54 Å². The van der Waals surface area contributed by atoms with Crippen LogP contribution in [0.25, 0.3) is 0 Å². The summed E-state index contributed by atoms with van der Waals surface area (Å²) in [5, 5.41) is 6.97. The molecule has 0 amide bonds. The smallest absolute Gasteiger partial charge is 0.191 e. The molecule has 0 saturated carbocycles. The van der Waals surface area contributed by atoms with Crippen LogP contribution in [-0.4, -0.2) is 32.2 Å². The van der Waals surface area contributed by atoms with Gasteiger partial charge in [-0.05, 0) is 31.2 Å². The molecule has 0 heterocycles. The Labute approximate surface area is 142 Å². The van der Waals surface area contributed by atoms with Crippen molar-refractivity contribution >= 4 is 41.5 Å². The molecular weight excluding hydrogens is 389 g/mol. The monoisotopic (exact) mass is 409 g/mol. The van der Waals surface area contributed by atoms with Gasteiger partial charge in [0.2, 0.25) is 0 Å². The second kappa shape index (κ2) is 11.8. The first-order chi connectivity index (χ1) is 9.26. The maximum atomic E-state index is 5.80. The maximum absolute atomic E-state index is 5.80. The Kier molecular flexibility index (Phi) is 11.3. The Balaban J connectivity index is 0.00000361. The quantitative estimate of drug-likeness (QED) is 0.239.